The van der Waals surface area contributed by atoms with Crippen molar-refractivity contribution in [1.29, 1.82) is 0 Å². The Hall–Kier alpha value is -2.37. The zero-order valence-corrected chi connectivity index (χ0v) is 12.9. The van der Waals surface area contributed by atoms with Gasteiger partial charge in [-0.3, -0.25) is 14.0 Å². The molecule has 3 heterocycles. The maximum absolute atomic E-state index is 12.8. The van der Waals surface area contributed by atoms with Crippen molar-refractivity contribution in [3.63, 3.8) is 0 Å². The lowest BCUT2D eigenvalue weighted by Gasteiger charge is -2.30. The van der Waals surface area contributed by atoms with Crippen LogP contribution in [0.15, 0.2) is 18.3 Å². The topological polar surface area (TPSA) is 80.7 Å². The second-order valence-electron chi connectivity index (χ2n) is 5.95. The summed E-state index contributed by atoms with van der Waals surface area (Å²) in [7, 11) is 0. The molecule has 2 aromatic rings. The zero-order valence-electron chi connectivity index (χ0n) is 12.9. The third-order valence-corrected chi connectivity index (χ3v) is 4.34. The van der Waals surface area contributed by atoms with Crippen LogP contribution in [0.5, 0.6) is 0 Å². The number of primary amides is 1. The van der Waals surface area contributed by atoms with Gasteiger partial charge in [0, 0.05) is 25.2 Å². The van der Waals surface area contributed by atoms with Gasteiger partial charge in [0.2, 0.25) is 5.91 Å². The molecule has 1 aliphatic rings. The van der Waals surface area contributed by atoms with E-state index in [0.717, 1.165) is 16.9 Å². The number of aromatic nitrogens is 2. The van der Waals surface area contributed by atoms with Gasteiger partial charge < -0.3 is 10.6 Å². The average molecular weight is 300 g/mol. The van der Waals surface area contributed by atoms with Gasteiger partial charge in [0.15, 0.2) is 0 Å². The van der Waals surface area contributed by atoms with E-state index in [1.54, 1.807) is 4.90 Å². The molecule has 22 heavy (non-hydrogen) atoms. The van der Waals surface area contributed by atoms with Gasteiger partial charge >= 0.3 is 0 Å². The van der Waals surface area contributed by atoms with Crippen LogP contribution >= 0.6 is 0 Å². The van der Waals surface area contributed by atoms with Gasteiger partial charge in [-0.2, -0.15) is 0 Å². The molecule has 6 nitrogen and oxygen atoms in total. The van der Waals surface area contributed by atoms with Crippen LogP contribution in [0.2, 0.25) is 0 Å². The van der Waals surface area contributed by atoms with Crippen molar-refractivity contribution in [2.45, 2.75) is 26.7 Å². The van der Waals surface area contributed by atoms with E-state index in [1.165, 1.54) is 0 Å². The van der Waals surface area contributed by atoms with E-state index in [9.17, 15) is 9.59 Å². The van der Waals surface area contributed by atoms with Gasteiger partial charge in [-0.1, -0.05) is 0 Å². The first-order valence-electron chi connectivity index (χ1n) is 7.51. The fraction of sp³-hybridized carbons (Fsp3) is 0.438. The number of likely N-dealkylation sites (tertiary alicyclic amines) is 1. The number of fused-ring (bicyclic) bond motifs is 1. The molecular formula is C16H20N4O2. The van der Waals surface area contributed by atoms with Crippen LogP contribution in [0.3, 0.4) is 0 Å². The second kappa shape index (κ2) is 5.44. The van der Waals surface area contributed by atoms with Gasteiger partial charge in [0.05, 0.1) is 5.69 Å². The highest BCUT2D eigenvalue weighted by atomic mass is 16.2. The number of carbonyl (C=O) groups excluding carboxylic acids is 2. The number of carbonyl (C=O) groups is 2. The van der Waals surface area contributed by atoms with Crippen LogP contribution in [0.1, 0.15) is 34.6 Å². The molecule has 1 saturated heterocycles. The summed E-state index contributed by atoms with van der Waals surface area (Å²) in [4.78, 5) is 30.3. The lowest BCUT2D eigenvalue weighted by Crippen LogP contribution is -2.42. The highest BCUT2D eigenvalue weighted by Crippen LogP contribution is 2.21. The van der Waals surface area contributed by atoms with Gasteiger partial charge in [-0.15, -0.1) is 0 Å². The Morgan fingerprint density at radius 1 is 1.27 bits per heavy atom. The van der Waals surface area contributed by atoms with Crippen LogP contribution in [-0.4, -0.2) is 39.2 Å². The minimum absolute atomic E-state index is 0.0308. The Labute approximate surface area is 128 Å². The molecule has 0 radical (unpaired) electrons. The molecule has 116 valence electrons. The van der Waals surface area contributed by atoms with Crippen molar-refractivity contribution < 1.29 is 9.59 Å². The van der Waals surface area contributed by atoms with Crippen molar-refractivity contribution in [1.82, 2.24) is 14.3 Å². The van der Waals surface area contributed by atoms with Crippen molar-refractivity contribution in [3.8, 4) is 0 Å². The molecule has 1 fully saturated rings. The number of piperidine rings is 1. The smallest absolute Gasteiger partial charge is 0.272 e. The van der Waals surface area contributed by atoms with E-state index in [0.29, 0.717) is 31.6 Å². The Morgan fingerprint density at radius 2 is 1.95 bits per heavy atom. The maximum atomic E-state index is 12.8. The van der Waals surface area contributed by atoms with E-state index in [2.05, 4.69) is 4.98 Å². The van der Waals surface area contributed by atoms with E-state index < -0.39 is 0 Å². The molecule has 3 rings (SSSR count). The standard InChI is InChI=1S/C16H20N4O2/c1-10-3-8-20-13(9-10)18-11(2)14(20)16(22)19-6-4-12(5-7-19)15(17)21/h3,8-9,12H,4-7H2,1-2H3,(H2,17,21). The van der Waals surface area contributed by atoms with Gasteiger partial charge in [0.1, 0.15) is 11.3 Å². The molecule has 0 aromatic carbocycles. The van der Waals surface area contributed by atoms with Gasteiger partial charge in [-0.05, 0) is 44.4 Å². The molecule has 0 aliphatic carbocycles. The molecule has 0 saturated carbocycles. The van der Waals surface area contributed by atoms with E-state index >= 15 is 0 Å². The number of pyridine rings is 1. The monoisotopic (exact) mass is 300 g/mol. The number of amides is 2. The SMILES string of the molecule is Cc1ccn2c(C(=O)N3CCC(C(N)=O)CC3)c(C)nc2c1. The molecular weight excluding hydrogens is 280 g/mol. The molecule has 1 aliphatic heterocycles. The number of nitrogens with zero attached hydrogens (tertiary/aromatic N) is 3. The highest BCUT2D eigenvalue weighted by Gasteiger charge is 2.28. The van der Waals surface area contributed by atoms with Crippen molar-refractivity contribution in [2.24, 2.45) is 11.7 Å². The summed E-state index contributed by atoms with van der Waals surface area (Å²) in [6.07, 6.45) is 3.15. The summed E-state index contributed by atoms with van der Waals surface area (Å²) in [5.41, 5.74) is 8.57. The van der Waals surface area contributed by atoms with Crippen LogP contribution in [-0.2, 0) is 4.79 Å². The first-order chi connectivity index (χ1) is 10.5. The predicted molar refractivity (Wildman–Crippen MR) is 82.5 cm³/mol. The van der Waals surface area contributed by atoms with E-state index in [-0.39, 0.29) is 17.7 Å². The first-order valence-corrected chi connectivity index (χ1v) is 7.51. The first kappa shape index (κ1) is 14.6. The van der Waals surface area contributed by atoms with E-state index in [1.807, 2.05) is 36.6 Å². The van der Waals surface area contributed by atoms with Crippen LogP contribution < -0.4 is 5.73 Å². The lowest BCUT2D eigenvalue weighted by molar-refractivity contribution is -0.123. The molecule has 0 spiro atoms. The predicted octanol–water partition coefficient (Wildman–Crippen LogP) is 1.29. The summed E-state index contributed by atoms with van der Waals surface area (Å²) in [6, 6.07) is 3.92. The van der Waals surface area contributed by atoms with Crippen molar-refractivity contribution >= 4 is 17.5 Å². The lowest BCUT2D eigenvalue weighted by atomic mass is 9.96. The summed E-state index contributed by atoms with van der Waals surface area (Å²) in [6.45, 7) is 4.97. The summed E-state index contributed by atoms with van der Waals surface area (Å²) in [5, 5.41) is 0. The quantitative estimate of drug-likeness (QED) is 0.907. The fourth-order valence-electron chi connectivity index (χ4n) is 3.04. The molecule has 2 amide bonds. The number of aryl methyl sites for hydroxylation is 2. The molecule has 6 heteroatoms. The second-order valence-corrected chi connectivity index (χ2v) is 5.95. The Balaban J connectivity index is 1.87. The van der Waals surface area contributed by atoms with Crippen LogP contribution in [0, 0.1) is 19.8 Å². The fourth-order valence-corrected chi connectivity index (χ4v) is 3.04. The molecule has 2 N–H and O–H groups in total. The van der Waals surface area contributed by atoms with Crippen molar-refractivity contribution in [3.05, 3.63) is 35.3 Å². The minimum atomic E-state index is -0.270. The molecule has 2 aromatic heterocycles. The van der Waals surface area contributed by atoms with Crippen LogP contribution in [0.4, 0.5) is 0 Å². The highest BCUT2D eigenvalue weighted by molar-refractivity contribution is 5.95. The van der Waals surface area contributed by atoms with Gasteiger partial charge in [-0.25, -0.2) is 4.98 Å². The zero-order chi connectivity index (χ0) is 15.9. The molecule has 0 bridgehead atoms. The summed E-state index contributed by atoms with van der Waals surface area (Å²) >= 11 is 0. The Kier molecular flexibility index (Phi) is 3.60. The molecule has 0 unspecified atom stereocenters. The Bertz CT molecular complexity index is 742. The molecule has 0 atom stereocenters. The minimum Gasteiger partial charge on any atom is -0.369 e. The number of hydrogen-bond acceptors (Lipinski definition) is 3. The normalized spacial score (nSPS) is 16.2. The van der Waals surface area contributed by atoms with Gasteiger partial charge in [0.25, 0.3) is 5.91 Å². The number of hydrogen-bond donors (Lipinski definition) is 1. The maximum Gasteiger partial charge on any atom is 0.272 e. The van der Waals surface area contributed by atoms with Crippen molar-refractivity contribution in [2.75, 3.05) is 13.1 Å². The third kappa shape index (κ3) is 2.45. The van der Waals surface area contributed by atoms with E-state index in [4.69, 9.17) is 5.73 Å². The third-order valence-electron chi connectivity index (χ3n) is 4.34. The summed E-state index contributed by atoms with van der Waals surface area (Å²) < 4.78 is 1.84. The van der Waals surface area contributed by atoms with Crippen LogP contribution in [0.25, 0.3) is 5.65 Å². The number of rotatable bonds is 2. The number of imidazole rings is 1. The largest absolute Gasteiger partial charge is 0.369 e. The number of nitrogens with two attached hydrogens (primary N) is 1. The Morgan fingerprint density at radius 3 is 2.59 bits per heavy atom. The average Bonchev–Trinajstić information content (AvgIpc) is 2.81. The summed E-state index contributed by atoms with van der Waals surface area (Å²) in [5.74, 6) is -0.416.